The van der Waals surface area contributed by atoms with Gasteiger partial charge in [-0.3, -0.25) is 4.79 Å². The highest BCUT2D eigenvalue weighted by Gasteiger charge is 2.14. The van der Waals surface area contributed by atoms with Gasteiger partial charge < -0.3 is 10.1 Å². The molecule has 0 saturated heterocycles. The Bertz CT molecular complexity index is 880. The van der Waals surface area contributed by atoms with Crippen molar-refractivity contribution in [3.8, 4) is 5.75 Å². The van der Waals surface area contributed by atoms with E-state index in [1.807, 2.05) is 24.5 Å². The molecule has 7 heteroatoms. The van der Waals surface area contributed by atoms with Crippen molar-refractivity contribution in [3.05, 3.63) is 47.0 Å². The number of fused-ring (bicyclic) bond motifs is 1. The van der Waals surface area contributed by atoms with E-state index >= 15 is 0 Å². The molecule has 0 unspecified atom stereocenters. The Balaban J connectivity index is 1.89. The third-order valence-electron chi connectivity index (χ3n) is 3.21. The molecule has 0 aliphatic rings. The van der Waals surface area contributed by atoms with Gasteiger partial charge in [0.05, 0.1) is 22.9 Å². The Morgan fingerprint density at radius 3 is 2.87 bits per heavy atom. The van der Waals surface area contributed by atoms with E-state index in [0.717, 1.165) is 14.6 Å². The molecule has 1 heterocycles. The van der Waals surface area contributed by atoms with Crippen LogP contribution in [0.2, 0.25) is 5.02 Å². The number of nitrogens with one attached hydrogen (secondary N) is 1. The van der Waals surface area contributed by atoms with Crippen LogP contribution >= 0.6 is 34.7 Å². The number of halogens is 1. The lowest BCUT2D eigenvalue weighted by molar-refractivity contribution is 0.102. The average Bonchev–Trinajstić information content (AvgIpc) is 2.97. The number of amides is 1. The van der Waals surface area contributed by atoms with Gasteiger partial charge in [0.25, 0.3) is 5.91 Å². The van der Waals surface area contributed by atoms with Crippen LogP contribution in [0.3, 0.4) is 0 Å². The van der Waals surface area contributed by atoms with Gasteiger partial charge in [0.15, 0.2) is 4.34 Å². The summed E-state index contributed by atoms with van der Waals surface area (Å²) in [5, 5.41) is 3.36. The van der Waals surface area contributed by atoms with Gasteiger partial charge in [-0.1, -0.05) is 23.4 Å². The molecule has 0 atom stereocenters. The number of rotatable bonds is 4. The maximum atomic E-state index is 12.5. The highest BCUT2D eigenvalue weighted by atomic mass is 35.5. The predicted molar refractivity (Wildman–Crippen MR) is 97.4 cm³/mol. The molecular weight excluding hydrogens is 352 g/mol. The van der Waals surface area contributed by atoms with Crippen molar-refractivity contribution < 1.29 is 9.53 Å². The predicted octanol–water partition coefficient (Wildman–Crippen LogP) is 4.93. The Hall–Kier alpha value is -1.76. The van der Waals surface area contributed by atoms with E-state index < -0.39 is 0 Å². The zero-order valence-electron chi connectivity index (χ0n) is 12.4. The molecule has 2 aromatic carbocycles. The number of aromatic nitrogens is 1. The SMILES string of the molecule is COc1ccc(Cl)cc1C(=O)Nc1ccc2nc(SC)sc2c1. The zero-order chi connectivity index (χ0) is 16.4. The third-order valence-corrected chi connectivity index (χ3v) is 5.45. The molecule has 0 fully saturated rings. The fourth-order valence-electron chi connectivity index (χ4n) is 2.12. The van der Waals surface area contributed by atoms with Crippen molar-refractivity contribution >= 4 is 56.5 Å². The summed E-state index contributed by atoms with van der Waals surface area (Å²) in [6.07, 6.45) is 1.99. The summed E-state index contributed by atoms with van der Waals surface area (Å²) in [5.41, 5.74) is 2.03. The second-order valence-corrected chi connectivity index (χ2v) is 7.19. The van der Waals surface area contributed by atoms with Crippen LogP contribution in [-0.4, -0.2) is 24.3 Å². The first-order valence-corrected chi connectivity index (χ1v) is 9.12. The monoisotopic (exact) mass is 364 g/mol. The number of methoxy groups -OCH3 is 1. The van der Waals surface area contributed by atoms with Crippen molar-refractivity contribution in [2.45, 2.75) is 4.34 Å². The minimum atomic E-state index is -0.265. The fourth-order valence-corrected chi connectivity index (χ4v) is 3.83. The molecule has 1 amide bonds. The first-order chi connectivity index (χ1) is 11.1. The van der Waals surface area contributed by atoms with E-state index in [1.165, 1.54) is 7.11 Å². The van der Waals surface area contributed by atoms with Gasteiger partial charge in [0, 0.05) is 10.7 Å². The largest absolute Gasteiger partial charge is 0.496 e. The number of carbonyl (C=O) groups excluding carboxylic acids is 1. The standard InChI is InChI=1S/C16H13ClN2O2S2/c1-21-13-6-3-9(17)7-11(13)15(20)18-10-4-5-12-14(8-10)23-16(19-12)22-2/h3-8H,1-2H3,(H,18,20). The van der Waals surface area contributed by atoms with Gasteiger partial charge in [0.1, 0.15) is 5.75 Å². The Labute approximate surface area is 146 Å². The molecule has 3 aromatic rings. The van der Waals surface area contributed by atoms with Gasteiger partial charge in [-0.15, -0.1) is 11.3 Å². The van der Waals surface area contributed by atoms with Crippen LogP contribution in [0.25, 0.3) is 10.2 Å². The first-order valence-electron chi connectivity index (χ1n) is 6.70. The van der Waals surface area contributed by atoms with Crippen LogP contribution in [0.4, 0.5) is 5.69 Å². The number of ether oxygens (including phenoxy) is 1. The molecule has 0 radical (unpaired) electrons. The lowest BCUT2D eigenvalue weighted by atomic mass is 10.2. The van der Waals surface area contributed by atoms with Crippen molar-refractivity contribution in [3.63, 3.8) is 0 Å². The van der Waals surface area contributed by atoms with E-state index in [9.17, 15) is 4.79 Å². The lowest BCUT2D eigenvalue weighted by Gasteiger charge is -2.09. The molecule has 0 bridgehead atoms. The Kier molecular flexibility index (Phi) is 4.75. The summed E-state index contributed by atoms with van der Waals surface area (Å²) in [5.74, 6) is 0.216. The maximum Gasteiger partial charge on any atom is 0.259 e. The quantitative estimate of drug-likeness (QED) is 0.667. The first kappa shape index (κ1) is 16.1. The molecule has 23 heavy (non-hydrogen) atoms. The van der Waals surface area contributed by atoms with Gasteiger partial charge in [-0.05, 0) is 42.7 Å². The summed E-state index contributed by atoms with van der Waals surface area (Å²) in [7, 11) is 1.52. The van der Waals surface area contributed by atoms with Crippen LogP contribution in [0.1, 0.15) is 10.4 Å². The van der Waals surface area contributed by atoms with E-state index in [-0.39, 0.29) is 5.91 Å². The van der Waals surface area contributed by atoms with E-state index in [0.29, 0.717) is 22.0 Å². The number of carbonyl (C=O) groups is 1. The van der Waals surface area contributed by atoms with Crippen LogP contribution < -0.4 is 10.1 Å². The van der Waals surface area contributed by atoms with Crippen LogP contribution in [-0.2, 0) is 0 Å². The number of hydrogen-bond donors (Lipinski definition) is 1. The highest BCUT2D eigenvalue weighted by Crippen LogP contribution is 2.30. The highest BCUT2D eigenvalue weighted by molar-refractivity contribution is 8.00. The summed E-state index contributed by atoms with van der Waals surface area (Å²) >= 11 is 9.18. The summed E-state index contributed by atoms with van der Waals surface area (Å²) in [6.45, 7) is 0. The second kappa shape index (κ2) is 6.78. The second-order valence-electron chi connectivity index (χ2n) is 4.67. The zero-order valence-corrected chi connectivity index (χ0v) is 14.8. The molecule has 0 spiro atoms. The number of thioether (sulfide) groups is 1. The number of benzene rings is 2. The number of anilines is 1. The maximum absolute atomic E-state index is 12.5. The van der Waals surface area contributed by atoms with Gasteiger partial charge in [-0.2, -0.15) is 0 Å². The van der Waals surface area contributed by atoms with Crippen LogP contribution in [0, 0.1) is 0 Å². The van der Waals surface area contributed by atoms with Crippen molar-refractivity contribution in [2.75, 3.05) is 18.7 Å². The number of hydrogen-bond acceptors (Lipinski definition) is 5. The number of thiazole rings is 1. The molecule has 0 aliphatic carbocycles. The summed E-state index contributed by atoms with van der Waals surface area (Å²) in [6, 6.07) is 10.6. The number of nitrogens with zero attached hydrogens (tertiary/aromatic N) is 1. The van der Waals surface area contributed by atoms with Gasteiger partial charge in [-0.25, -0.2) is 4.98 Å². The smallest absolute Gasteiger partial charge is 0.259 e. The average molecular weight is 365 g/mol. The minimum Gasteiger partial charge on any atom is -0.496 e. The lowest BCUT2D eigenvalue weighted by Crippen LogP contribution is -2.13. The molecule has 1 aromatic heterocycles. The van der Waals surface area contributed by atoms with Crippen molar-refractivity contribution in [2.24, 2.45) is 0 Å². The van der Waals surface area contributed by atoms with E-state index in [2.05, 4.69) is 10.3 Å². The molecular formula is C16H13ClN2O2S2. The van der Waals surface area contributed by atoms with Gasteiger partial charge in [0.2, 0.25) is 0 Å². The summed E-state index contributed by atoms with van der Waals surface area (Å²) < 4.78 is 7.25. The molecule has 0 aliphatic heterocycles. The fraction of sp³-hybridized carbons (Fsp3) is 0.125. The van der Waals surface area contributed by atoms with Crippen LogP contribution in [0.5, 0.6) is 5.75 Å². The van der Waals surface area contributed by atoms with Crippen molar-refractivity contribution in [1.82, 2.24) is 4.98 Å². The topological polar surface area (TPSA) is 51.2 Å². The molecule has 3 rings (SSSR count). The van der Waals surface area contributed by atoms with Gasteiger partial charge >= 0.3 is 0 Å². The molecule has 118 valence electrons. The van der Waals surface area contributed by atoms with Crippen molar-refractivity contribution in [1.29, 1.82) is 0 Å². The normalized spacial score (nSPS) is 10.7. The molecule has 4 nitrogen and oxygen atoms in total. The minimum absolute atomic E-state index is 0.265. The third kappa shape index (κ3) is 3.44. The van der Waals surface area contributed by atoms with E-state index in [4.69, 9.17) is 16.3 Å². The summed E-state index contributed by atoms with van der Waals surface area (Å²) in [4.78, 5) is 17.0. The molecule has 1 N–H and O–H groups in total. The molecule has 0 saturated carbocycles. The Morgan fingerprint density at radius 1 is 1.30 bits per heavy atom. The van der Waals surface area contributed by atoms with E-state index in [1.54, 1.807) is 41.3 Å². The van der Waals surface area contributed by atoms with Crippen LogP contribution in [0.15, 0.2) is 40.7 Å². The Morgan fingerprint density at radius 2 is 2.13 bits per heavy atom.